The number of fused-ring (bicyclic) bond motifs is 2. The predicted molar refractivity (Wildman–Crippen MR) is 120 cm³/mol. The first-order valence-electron chi connectivity index (χ1n) is 9.84. The summed E-state index contributed by atoms with van der Waals surface area (Å²) in [5.74, 6) is 0.533. The van der Waals surface area contributed by atoms with Gasteiger partial charge in [-0.05, 0) is 24.3 Å². The highest BCUT2D eigenvalue weighted by Gasteiger charge is 2.27. The Balaban J connectivity index is 1.90. The molecule has 3 heterocycles. The van der Waals surface area contributed by atoms with Crippen LogP contribution in [0.5, 0.6) is 11.5 Å². The van der Waals surface area contributed by atoms with Crippen molar-refractivity contribution in [1.82, 2.24) is 19.5 Å². The van der Waals surface area contributed by atoms with Crippen molar-refractivity contribution in [3.05, 3.63) is 88.3 Å². The predicted octanol–water partition coefficient (Wildman–Crippen LogP) is 3.51. The summed E-state index contributed by atoms with van der Waals surface area (Å²) in [5.41, 5.74) is 1.70. The largest absolute Gasteiger partial charge is 0.497 e. The molecule has 2 aromatic carbocycles. The third-order valence-electron chi connectivity index (χ3n) is 5.23. The molecule has 5 rings (SSSR count). The second-order valence-corrected chi connectivity index (χ2v) is 7.05. The Bertz CT molecular complexity index is 1540. The smallest absolute Gasteiger partial charge is 0.270 e. The van der Waals surface area contributed by atoms with Gasteiger partial charge in [-0.3, -0.25) is 14.2 Å². The molecule has 0 aliphatic heterocycles. The Morgan fingerprint density at radius 3 is 2.53 bits per heavy atom. The van der Waals surface area contributed by atoms with Crippen LogP contribution in [0.1, 0.15) is 15.9 Å². The highest BCUT2D eigenvalue weighted by molar-refractivity contribution is 6.15. The number of aromatic amines is 1. The summed E-state index contributed by atoms with van der Waals surface area (Å²) in [7, 11) is 3.04. The van der Waals surface area contributed by atoms with E-state index in [1.807, 2.05) is 6.07 Å². The Kier molecular flexibility index (Phi) is 4.67. The number of aromatic nitrogens is 4. The lowest BCUT2D eigenvalue weighted by Crippen LogP contribution is -2.20. The maximum atomic E-state index is 13.7. The molecule has 32 heavy (non-hydrogen) atoms. The minimum absolute atomic E-state index is 0.0530. The first kappa shape index (κ1) is 19.5. The Morgan fingerprint density at radius 1 is 0.969 bits per heavy atom. The van der Waals surface area contributed by atoms with Crippen LogP contribution in [-0.4, -0.2) is 39.5 Å². The summed E-state index contributed by atoms with van der Waals surface area (Å²) in [6.45, 7) is 0. The molecule has 0 radical (unpaired) electrons. The molecule has 0 spiro atoms. The van der Waals surface area contributed by atoms with E-state index in [0.717, 1.165) is 0 Å². The number of hydrogen-bond acceptors (Lipinski definition) is 6. The van der Waals surface area contributed by atoms with Gasteiger partial charge in [0.2, 0.25) is 5.78 Å². The van der Waals surface area contributed by atoms with Gasteiger partial charge in [-0.1, -0.05) is 30.3 Å². The molecule has 0 atom stereocenters. The van der Waals surface area contributed by atoms with Crippen molar-refractivity contribution in [3.63, 3.8) is 0 Å². The van der Waals surface area contributed by atoms with E-state index in [9.17, 15) is 9.59 Å². The SMILES string of the molecule is COc1ccc(OC)c(-n2c(=O)c(C(=O)c3ccccc3)c3nc4[nH]cccc4nc32)c1. The van der Waals surface area contributed by atoms with Crippen molar-refractivity contribution in [3.8, 4) is 17.2 Å². The maximum absolute atomic E-state index is 13.7. The van der Waals surface area contributed by atoms with E-state index in [1.165, 1.54) is 18.8 Å². The van der Waals surface area contributed by atoms with E-state index >= 15 is 0 Å². The van der Waals surface area contributed by atoms with Gasteiger partial charge in [-0.25, -0.2) is 9.97 Å². The Hall–Kier alpha value is -4.46. The van der Waals surface area contributed by atoms with E-state index < -0.39 is 11.3 Å². The molecule has 8 heteroatoms. The average molecular weight is 426 g/mol. The molecule has 1 N–H and O–H groups in total. The summed E-state index contributed by atoms with van der Waals surface area (Å²) in [4.78, 5) is 39.4. The van der Waals surface area contributed by atoms with Gasteiger partial charge >= 0.3 is 0 Å². The summed E-state index contributed by atoms with van der Waals surface area (Å²) >= 11 is 0. The zero-order valence-corrected chi connectivity index (χ0v) is 17.3. The number of carbonyl (C=O) groups is 1. The number of carbonyl (C=O) groups excluding carboxylic acids is 1. The molecule has 0 bridgehead atoms. The summed E-state index contributed by atoms with van der Waals surface area (Å²) in [5, 5.41) is 0. The van der Waals surface area contributed by atoms with Crippen molar-refractivity contribution in [2.45, 2.75) is 0 Å². The lowest BCUT2D eigenvalue weighted by atomic mass is 10.1. The van der Waals surface area contributed by atoms with Crippen LogP contribution in [0.4, 0.5) is 0 Å². The van der Waals surface area contributed by atoms with Gasteiger partial charge in [0.1, 0.15) is 28.1 Å². The Labute approximate surface area is 182 Å². The molecule has 0 aliphatic carbocycles. The molecule has 0 unspecified atom stereocenters. The number of benzene rings is 2. The minimum atomic E-state index is -0.532. The molecule has 8 nitrogen and oxygen atoms in total. The van der Waals surface area contributed by atoms with Gasteiger partial charge in [0.25, 0.3) is 5.56 Å². The van der Waals surface area contributed by atoms with Crippen molar-refractivity contribution in [2.75, 3.05) is 14.2 Å². The quantitative estimate of drug-likeness (QED) is 0.432. The topological polar surface area (TPSA) is 99.1 Å². The number of nitrogens with one attached hydrogen (secondary N) is 1. The number of H-pyrrole nitrogens is 1. The zero-order valence-electron chi connectivity index (χ0n) is 17.3. The summed E-state index contributed by atoms with van der Waals surface area (Å²) in [6.07, 6.45) is 1.71. The van der Waals surface area contributed by atoms with Crippen LogP contribution < -0.4 is 15.0 Å². The molecule has 0 fully saturated rings. The number of rotatable bonds is 5. The fraction of sp³-hybridized carbons (Fsp3) is 0.0833. The van der Waals surface area contributed by atoms with Crippen LogP contribution in [0, 0.1) is 0 Å². The number of ether oxygens (including phenoxy) is 2. The van der Waals surface area contributed by atoms with Gasteiger partial charge in [-0.15, -0.1) is 0 Å². The molecule has 3 aromatic heterocycles. The molecule has 0 amide bonds. The number of hydrogen-bond donors (Lipinski definition) is 1. The van der Waals surface area contributed by atoms with E-state index in [4.69, 9.17) is 9.47 Å². The number of pyridine rings is 1. The summed E-state index contributed by atoms with van der Waals surface area (Å²) < 4.78 is 12.2. The highest BCUT2D eigenvalue weighted by atomic mass is 16.5. The Morgan fingerprint density at radius 2 is 1.78 bits per heavy atom. The first-order valence-corrected chi connectivity index (χ1v) is 9.84. The highest BCUT2D eigenvalue weighted by Crippen LogP contribution is 2.30. The van der Waals surface area contributed by atoms with Crippen molar-refractivity contribution in [2.24, 2.45) is 0 Å². The standard InChI is InChI=1S/C24H18N4O4/c1-31-15-10-11-18(32-2)17(13-15)28-23-20(27-22-16(26-23)9-6-12-25-22)19(24(28)30)21(29)14-7-4-3-5-8-14/h3-13H,1-2H3,(H,25,27). The van der Waals surface area contributed by atoms with Gasteiger partial charge in [0.15, 0.2) is 11.3 Å². The molecule has 0 saturated heterocycles. The molecule has 0 saturated carbocycles. The van der Waals surface area contributed by atoms with Crippen LogP contribution in [0.3, 0.4) is 0 Å². The van der Waals surface area contributed by atoms with E-state index in [0.29, 0.717) is 33.9 Å². The van der Waals surface area contributed by atoms with E-state index in [1.54, 1.807) is 60.8 Å². The van der Waals surface area contributed by atoms with Crippen LogP contribution >= 0.6 is 0 Å². The third kappa shape index (κ3) is 3.01. The van der Waals surface area contributed by atoms with Crippen molar-refractivity contribution < 1.29 is 14.3 Å². The normalized spacial score (nSPS) is 11.1. The number of ketones is 1. The number of nitrogens with zero attached hydrogens (tertiary/aromatic N) is 3. The molecule has 0 aliphatic rings. The van der Waals surface area contributed by atoms with Crippen LogP contribution in [0.2, 0.25) is 0 Å². The minimum Gasteiger partial charge on any atom is -0.497 e. The molecular formula is C24H18N4O4. The number of methoxy groups -OCH3 is 2. The maximum Gasteiger partial charge on any atom is 0.270 e. The monoisotopic (exact) mass is 426 g/mol. The second kappa shape index (κ2) is 7.66. The second-order valence-electron chi connectivity index (χ2n) is 7.05. The lowest BCUT2D eigenvalue weighted by molar-refractivity contribution is 0.103. The van der Waals surface area contributed by atoms with E-state index in [2.05, 4.69) is 15.0 Å². The fourth-order valence-electron chi connectivity index (χ4n) is 3.69. The van der Waals surface area contributed by atoms with Gasteiger partial charge < -0.3 is 14.5 Å². The van der Waals surface area contributed by atoms with Crippen LogP contribution in [0.15, 0.2) is 71.7 Å². The van der Waals surface area contributed by atoms with Crippen LogP contribution in [-0.2, 0) is 0 Å². The zero-order chi connectivity index (χ0) is 22.2. The third-order valence-corrected chi connectivity index (χ3v) is 5.23. The van der Waals surface area contributed by atoms with Gasteiger partial charge in [0.05, 0.1) is 19.9 Å². The summed E-state index contributed by atoms with van der Waals surface area (Å²) in [6, 6.07) is 17.3. The fourth-order valence-corrected chi connectivity index (χ4v) is 3.69. The first-order chi connectivity index (χ1) is 15.6. The molecule has 5 aromatic rings. The molecule has 158 valence electrons. The van der Waals surface area contributed by atoms with Gasteiger partial charge in [-0.2, -0.15) is 0 Å². The van der Waals surface area contributed by atoms with Gasteiger partial charge in [0, 0.05) is 17.8 Å². The lowest BCUT2D eigenvalue weighted by Gasteiger charge is -2.11. The van der Waals surface area contributed by atoms with Crippen molar-refractivity contribution >= 4 is 28.1 Å². The molecular weight excluding hydrogens is 408 g/mol. The van der Waals surface area contributed by atoms with Crippen molar-refractivity contribution in [1.29, 1.82) is 0 Å². The average Bonchev–Trinajstić information content (AvgIpc) is 3.12. The van der Waals surface area contributed by atoms with E-state index in [-0.39, 0.29) is 16.7 Å². The van der Waals surface area contributed by atoms with Crippen LogP contribution in [0.25, 0.3) is 28.0 Å².